The van der Waals surface area contributed by atoms with Crippen LogP contribution in [-0.4, -0.2) is 16.7 Å². The van der Waals surface area contributed by atoms with Crippen molar-refractivity contribution in [3.63, 3.8) is 0 Å². The van der Waals surface area contributed by atoms with Crippen LogP contribution in [0.5, 0.6) is 0 Å². The van der Waals surface area contributed by atoms with Crippen LogP contribution in [0.3, 0.4) is 0 Å². The van der Waals surface area contributed by atoms with Crippen molar-refractivity contribution in [1.29, 1.82) is 5.26 Å². The van der Waals surface area contributed by atoms with E-state index in [1.807, 2.05) is 20.8 Å². The quantitative estimate of drug-likeness (QED) is 0.740. The average molecular weight is 209 g/mol. The van der Waals surface area contributed by atoms with Crippen molar-refractivity contribution in [2.45, 2.75) is 33.3 Å². The van der Waals surface area contributed by atoms with Gasteiger partial charge in [-0.2, -0.15) is 10.2 Å². The molecule has 0 spiro atoms. The molecule has 0 aromatic carbocycles. The first-order chi connectivity index (χ1) is 7.17. The third kappa shape index (κ3) is 3.33. The topological polar surface area (TPSA) is 71.9 Å². The fraction of sp³-hybridized carbons (Fsp3) is 0.700. The van der Waals surface area contributed by atoms with E-state index in [9.17, 15) is 0 Å². The number of nitriles is 1. The molecule has 0 aliphatic rings. The van der Waals surface area contributed by atoms with Crippen LogP contribution in [0.15, 0.2) is 4.52 Å². The largest absolute Gasteiger partial charge is 0.371 e. The third-order valence-electron chi connectivity index (χ3n) is 1.97. The van der Waals surface area contributed by atoms with E-state index in [1.54, 1.807) is 0 Å². The molecule has 2 atom stereocenters. The van der Waals surface area contributed by atoms with E-state index in [2.05, 4.69) is 16.2 Å². The van der Waals surface area contributed by atoms with E-state index in [0.717, 1.165) is 0 Å². The third-order valence-corrected chi connectivity index (χ3v) is 1.97. The lowest BCUT2D eigenvalue weighted by atomic mass is 10.1. The molecule has 0 aliphatic heterocycles. The predicted molar refractivity (Wildman–Crippen MR) is 52.8 cm³/mol. The molecule has 1 aromatic rings. The van der Waals surface area contributed by atoms with E-state index >= 15 is 0 Å². The lowest BCUT2D eigenvalue weighted by Gasteiger charge is -2.04. The Balaban J connectivity index is 2.60. The summed E-state index contributed by atoms with van der Waals surface area (Å²) >= 11 is 0. The normalized spacial score (nSPS) is 14.5. The molecule has 5 heteroatoms. The van der Waals surface area contributed by atoms with E-state index in [4.69, 9.17) is 14.5 Å². The van der Waals surface area contributed by atoms with E-state index in [0.29, 0.717) is 24.7 Å². The van der Waals surface area contributed by atoms with E-state index in [-0.39, 0.29) is 12.0 Å². The minimum absolute atomic E-state index is 0.110. The standard InChI is InChI=1S/C10H15N3O2/c1-4-14-8(3)10-12-9(15-13-10)5-7(2)6-11/h7-8H,4-5H2,1-3H3. The molecule has 5 nitrogen and oxygen atoms in total. The minimum Gasteiger partial charge on any atom is -0.371 e. The fourth-order valence-electron chi connectivity index (χ4n) is 1.15. The highest BCUT2D eigenvalue weighted by Gasteiger charge is 2.15. The van der Waals surface area contributed by atoms with Gasteiger partial charge in [0, 0.05) is 13.0 Å². The zero-order valence-electron chi connectivity index (χ0n) is 9.23. The lowest BCUT2D eigenvalue weighted by Crippen LogP contribution is -2.02. The first kappa shape index (κ1) is 11.7. The molecule has 82 valence electrons. The molecular formula is C10H15N3O2. The maximum atomic E-state index is 8.63. The Kier molecular flexibility index (Phi) is 4.25. The molecule has 0 saturated heterocycles. The van der Waals surface area contributed by atoms with Gasteiger partial charge in [-0.3, -0.25) is 0 Å². The second kappa shape index (κ2) is 5.47. The highest BCUT2D eigenvalue weighted by atomic mass is 16.5. The van der Waals surface area contributed by atoms with Crippen molar-refractivity contribution in [3.05, 3.63) is 11.7 Å². The molecule has 0 saturated carbocycles. The van der Waals surface area contributed by atoms with Gasteiger partial charge in [0.25, 0.3) is 0 Å². The number of hydrogen-bond donors (Lipinski definition) is 0. The summed E-state index contributed by atoms with van der Waals surface area (Å²) in [6.45, 7) is 6.20. The molecule has 1 aromatic heterocycles. The second-order valence-corrected chi connectivity index (χ2v) is 3.38. The Morgan fingerprint density at radius 2 is 2.27 bits per heavy atom. The van der Waals surface area contributed by atoms with Gasteiger partial charge in [-0.05, 0) is 20.8 Å². The zero-order valence-corrected chi connectivity index (χ0v) is 9.23. The van der Waals surface area contributed by atoms with Crippen molar-refractivity contribution in [2.75, 3.05) is 6.61 Å². The highest BCUT2D eigenvalue weighted by Crippen LogP contribution is 2.14. The first-order valence-electron chi connectivity index (χ1n) is 5.01. The average Bonchev–Trinajstić information content (AvgIpc) is 2.66. The SMILES string of the molecule is CCOC(C)c1noc(CC(C)C#N)n1. The maximum absolute atomic E-state index is 8.63. The Bertz CT molecular complexity index is 343. The van der Waals surface area contributed by atoms with Gasteiger partial charge in [-0.15, -0.1) is 0 Å². The monoisotopic (exact) mass is 209 g/mol. The number of nitrogens with zero attached hydrogens (tertiary/aromatic N) is 3. The van der Waals surface area contributed by atoms with Crippen molar-refractivity contribution in [3.8, 4) is 6.07 Å². The highest BCUT2D eigenvalue weighted by molar-refractivity contribution is 4.94. The Labute approximate surface area is 89.0 Å². The van der Waals surface area contributed by atoms with Crippen molar-refractivity contribution >= 4 is 0 Å². The van der Waals surface area contributed by atoms with Crippen LogP contribution < -0.4 is 0 Å². The van der Waals surface area contributed by atoms with Gasteiger partial charge < -0.3 is 9.26 Å². The predicted octanol–water partition coefficient (Wildman–Crippen LogP) is 1.87. The van der Waals surface area contributed by atoms with Gasteiger partial charge in [0.05, 0.1) is 12.0 Å². The molecule has 1 rings (SSSR count). The van der Waals surface area contributed by atoms with E-state index in [1.165, 1.54) is 0 Å². The molecular weight excluding hydrogens is 194 g/mol. The number of aromatic nitrogens is 2. The molecule has 15 heavy (non-hydrogen) atoms. The zero-order chi connectivity index (χ0) is 11.3. The molecule has 0 bridgehead atoms. The summed E-state index contributed by atoms with van der Waals surface area (Å²) in [5.41, 5.74) is 0. The van der Waals surface area contributed by atoms with Gasteiger partial charge in [0.15, 0.2) is 5.82 Å². The van der Waals surface area contributed by atoms with Crippen molar-refractivity contribution in [2.24, 2.45) is 5.92 Å². The second-order valence-electron chi connectivity index (χ2n) is 3.38. The minimum atomic E-state index is -0.162. The van der Waals surface area contributed by atoms with Crippen LogP contribution in [0, 0.1) is 17.2 Å². The molecule has 0 fully saturated rings. The summed E-state index contributed by atoms with van der Waals surface area (Å²) in [5, 5.41) is 12.4. The van der Waals surface area contributed by atoms with Crippen molar-refractivity contribution in [1.82, 2.24) is 10.1 Å². The Morgan fingerprint density at radius 1 is 1.53 bits per heavy atom. The summed E-state index contributed by atoms with van der Waals surface area (Å²) in [7, 11) is 0. The Morgan fingerprint density at radius 3 is 2.87 bits per heavy atom. The summed E-state index contributed by atoms with van der Waals surface area (Å²) in [6.07, 6.45) is 0.326. The number of rotatable bonds is 5. The summed E-state index contributed by atoms with van der Waals surface area (Å²) in [5.74, 6) is 0.920. The molecule has 0 N–H and O–H groups in total. The van der Waals surface area contributed by atoms with Gasteiger partial charge in [0.1, 0.15) is 6.10 Å². The lowest BCUT2D eigenvalue weighted by molar-refractivity contribution is 0.0683. The molecule has 0 amide bonds. The molecule has 0 aliphatic carbocycles. The molecule has 1 heterocycles. The van der Waals surface area contributed by atoms with Gasteiger partial charge >= 0.3 is 0 Å². The smallest absolute Gasteiger partial charge is 0.228 e. The van der Waals surface area contributed by atoms with E-state index < -0.39 is 0 Å². The maximum Gasteiger partial charge on any atom is 0.228 e. The summed E-state index contributed by atoms with van der Waals surface area (Å²) < 4.78 is 10.3. The summed E-state index contributed by atoms with van der Waals surface area (Å²) in [6, 6.07) is 2.12. The van der Waals surface area contributed by atoms with Gasteiger partial charge in [0.2, 0.25) is 5.89 Å². The fourth-order valence-corrected chi connectivity index (χ4v) is 1.15. The van der Waals surface area contributed by atoms with Crippen LogP contribution in [0.2, 0.25) is 0 Å². The Hall–Kier alpha value is -1.41. The van der Waals surface area contributed by atoms with Crippen LogP contribution in [0.4, 0.5) is 0 Å². The number of ether oxygens (including phenoxy) is 1. The molecule has 0 radical (unpaired) electrons. The summed E-state index contributed by atoms with van der Waals surface area (Å²) in [4.78, 5) is 4.16. The van der Waals surface area contributed by atoms with Crippen LogP contribution in [0.25, 0.3) is 0 Å². The van der Waals surface area contributed by atoms with Crippen molar-refractivity contribution < 1.29 is 9.26 Å². The van der Waals surface area contributed by atoms with Gasteiger partial charge in [-0.1, -0.05) is 5.16 Å². The van der Waals surface area contributed by atoms with Crippen LogP contribution in [0.1, 0.15) is 38.6 Å². The van der Waals surface area contributed by atoms with Crippen LogP contribution >= 0.6 is 0 Å². The van der Waals surface area contributed by atoms with Gasteiger partial charge in [-0.25, -0.2) is 0 Å². The first-order valence-corrected chi connectivity index (χ1v) is 5.01. The number of hydrogen-bond acceptors (Lipinski definition) is 5. The molecule has 2 unspecified atom stereocenters. The van der Waals surface area contributed by atoms with Crippen LogP contribution in [-0.2, 0) is 11.2 Å².